The molecule has 0 aromatic carbocycles. The summed E-state index contributed by atoms with van der Waals surface area (Å²) in [5.74, 6) is 6.27. The first kappa shape index (κ1) is 38.6. The molecule has 3 saturated carbocycles. The lowest BCUT2D eigenvalue weighted by Crippen LogP contribution is -2.64. The van der Waals surface area contributed by atoms with Crippen molar-refractivity contribution < 1.29 is 4.74 Å². The summed E-state index contributed by atoms with van der Waals surface area (Å²) >= 11 is 0. The summed E-state index contributed by atoms with van der Waals surface area (Å²) in [7, 11) is 0. The maximum Gasteiger partial charge on any atom is 0.132 e. The summed E-state index contributed by atoms with van der Waals surface area (Å²) in [5.41, 5.74) is 6.17. The predicted molar refractivity (Wildman–Crippen MR) is 237 cm³/mol. The molecule has 0 spiro atoms. The molecular formula is C54H74N2O. The zero-order chi connectivity index (χ0) is 38.2. The average molecular weight is 767 g/mol. The zero-order valence-corrected chi connectivity index (χ0v) is 35.5. The van der Waals surface area contributed by atoms with Crippen LogP contribution in [0.5, 0.6) is 0 Å². The fourth-order valence-corrected chi connectivity index (χ4v) is 14.6. The van der Waals surface area contributed by atoms with Gasteiger partial charge in [-0.25, -0.2) is 0 Å². The number of allylic oxidation sites excluding steroid dienone is 15. The van der Waals surface area contributed by atoms with E-state index < -0.39 is 0 Å². The van der Waals surface area contributed by atoms with Gasteiger partial charge in [-0.3, -0.25) is 10.6 Å². The van der Waals surface area contributed by atoms with E-state index in [1.807, 2.05) is 0 Å². The second kappa shape index (κ2) is 16.8. The number of hydrogen-bond donors (Lipinski definition) is 2. The van der Waals surface area contributed by atoms with Gasteiger partial charge in [0.05, 0.1) is 6.17 Å². The molecule has 0 aromatic heterocycles. The summed E-state index contributed by atoms with van der Waals surface area (Å²) in [4.78, 5) is 0. The maximum absolute atomic E-state index is 7.11. The Morgan fingerprint density at radius 2 is 1.44 bits per heavy atom. The molecule has 0 aromatic rings. The smallest absolute Gasteiger partial charge is 0.132 e. The van der Waals surface area contributed by atoms with Gasteiger partial charge in [0, 0.05) is 35.9 Å². The van der Waals surface area contributed by atoms with Gasteiger partial charge in [0.2, 0.25) is 0 Å². The Hall–Kier alpha value is -2.62. The molecule has 57 heavy (non-hydrogen) atoms. The molecule has 0 bridgehead atoms. The van der Waals surface area contributed by atoms with Crippen LogP contribution in [0.2, 0.25) is 0 Å². The Morgan fingerprint density at radius 1 is 0.649 bits per heavy atom. The molecule has 3 heteroatoms. The van der Waals surface area contributed by atoms with Crippen molar-refractivity contribution in [2.24, 2.45) is 46.8 Å². The molecule has 1 saturated heterocycles. The van der Waals surface area contributed by atoms with Crippen LogP contribution in [-0.4, -0.2) is 23.9 Å². The van der Waals surface area contributed by atoms with E-state index in [2.05, 4.69) is 96.5 Å². The minimum Gasteiger partial charge on any atom is -0.487 e. The molecular weight excluding hydrogens is 693 g/mol. The summed E-state index contributed by atoms with van der Waals surface area (Å²) in [6, 6.07) is 1.22. The molecule has 10 rings (SSSR count). The largest absolute Gasteiger partial charge is 0.487 e. The first-order valence-corrected chi connectivity index (χ1v) is 24.5. The van der Waals surface area contributed by atoms with Gasteiger partial charge >= 0.3 is 0 Å². The van der Waals surface area contributed by atoms with Crippen LogP contribution in [0.1, 0.15) is 155 Å². The third-order valence-electron chi connectivity index (χ3n) is 17.4. The van der Waals surface area contributed by atoms with Gasteiger partial charge in [-0.2, -0.15) is 0 Å². The molecule has 8 aliphatic carbocycles. The predicted octanol–water partition coefficient (Wildman–Crippen LogP) is 13.2. The lowest BCUT2D eigenvalue weighted by molar-refractivity contribution is 0.00161. The van der Waals surface area contributed by atoms with E-state index in [9.17, 15) is 0 Å². The Bertz CT molecular complexity index is 1750. The highest BCUT2D eigenvalue weighted by molar-refractivity contribution is 5.58. The Labute approximate surface area is 346 Å². The van der Waals surface area contributed by atoms with Crippen LogP contribution in [0.15, 0.2) is 107 Å². The van der Waals surface area contributed by atoms with Crippen molar-refractivity contribution in [3.8, 4) is 0 Å². The number of rotatable bonds is 7. The van der Waals surface area contributed by atoms with Gasteiger partial charge in [-0.1, -0.05) is 135 Å². The monoisotopic (exact) mass is 767 g/mol. The van der Waals surface area contributed by atoms with Gasteiger partial charge < -0.3 is 4.74 Å². The quantitative estimate of drug-likeness (QED) is 0.253. The van der Waals surface area contributed by atoms with Crippen LogP contribution in [0, 0.1) is 46.8 Å². The first-order chi connectivity index (χ1) is 28.1. The van der Waals surface area contributed by atoms with Gasteiger partial charge in [-0.05, 0) is 144 Å². The fourth-order valence-electron chi connectivity index (χ4n) is 14.6. The molecule has 10 aliphatic rings. The van der Waals surface area contributed by atoms with Crippen LogP contribution in [0.25, 0.3) is 0 Å². The van der Waals surface area contributed by atoms with Crippen molar-refractivity contribution in [3.05, 3.63) is 107 Å². The minimum atomic E-state index is -0.264. The van der Waals surface area contributed by atoms with Crippen molar-refractivity contribution in [2.75, 3.05) is 0 Å². The third-order valence-corrected chi connectivity index (χ3v) is 17.4. The van der Waals surface area contributed by atoms with Crippen molar-refractivity contribution in [1.82, 2.24) is 10.6 Å². The average Bonchev–Trinajstić information content (AvgIpc) is 3.29. The van der Waals surface area contributed by atoms with E-state index in [4.69, 9.17) is 4.74 Å². The highest BCUT2D eigenvalue weighted by Gasteiger charge is 2.58. The second-order valence-electron chi connectivity index (χ2n) is 20.7. The Morgan fingerprint density at radius 3 is 2.30 bits per heavy atom. The number of fused-ring (bicyclic) bond motifs is 1. The van der Waals surface area contributed by atoms with Crippen molar-refractivity contribution in [3.63, 3.8) is 0 Å². The van der Waals surface area contributed by atoms with E-state index in [-0.39, 0.29) is 11.0 Å². The molecule has 0 amide bonds. The fraction of sp³-hybridized carbons (Fsp3) is 0.667. The van der Waals surface area contributed by atoms with E-state index in [0.717, 1.165) is 49.4 Å². The van der Waals surface area contributed by atoms with Gasteiger partial charge in [-0.15, -0.1) is 0 Å². The minimum absolute atomic E-state index is 0.0820. The van der Waals surface area contributed by atoms with E-state index in [0.29, 0.717) is 36.0 Å². The Kier molecular flexibility index (Phi) is 11.4. The van der Waals surface area contributed by atoms with Crippen LogP contribution in [0.4, 0.5) is 0 Å². The van der Waals surface area contributed by atoms with E-state index >= 15 is 0 Å². The Balaban J connectivity index is 0.907. The van der Waals surface area contributed by atoms with E-state index in [1.54, 1.807) is 16.7 Å². The van der Waals surface area contributed by atoms with Crippen LogP contribution >= 0.6 is 0 Å². The van der Waals surface area contributed by atoms with Gasteiger partial charge in [0.25, 0.3) is 0 Å². The van der Waals surface area contributed by atoms with Gasteiger partial charge in [0.1, 0.15) is 11.4 Å². The molecule has 3 nitrogen and oxygen atoms in total. The maximum atomic E-state index is 7.11. The zero-order valence-electron chi connectivity index (χ0n) is 35.5. The van der Waals surface area contributed by atoms with Crippen LogP contribution in [-0.2, 0) is 4.74 Å². The van der Waals surface area contributed by atoms with Crippen molar-refractivity contribution in [1.29, 1.82) is 0 Å². The van der Waals surface area contributed by atoms with Crippen molar-refractivity contribution in [2.45, 2.75) is 178 Å². The molecule has 306 valence electrons. The standard InChI is InChI=1S/C54H74N2O/c1-53-33-14-13-32-51(53)54(45-27-9-4-10-28-45,47-30-11-12-31-50(47)57-53)46-29-17-24-42(36-46)41-23-16-26-44(35-41)49-37-48(55-52(56-49)39-20-7-3-8-21-39)43-25-15-22-40(34-43)38-18-5-2-6-19-38/h4,9,11,13-15,17,22,24-25,29-30,32,38-39,41-45,48-49,52,55-56H,2-3,5-8,10,12,16,18-21,23,26-28,31,33-37H2,1H3. The molecule has 0 radical (unpaired) electrons. The van der Waals surface area contributed by atoms with Crippen LogP contribution < -0.4 is 10.6 Å². The van der Waals surface area contributed by atoms with Crippen molar-refractivity contribution >= 4 is 0 Å². The summed E-state index contributed by atoms with van der Waals surface area (Å²) in [5, 5.41) is 8.75. The number of hydrogen-bond acceptors (Lipinski definition) is 3. The van der Waals surface area contributed by atoms with Crippen LogP contribution in [0.3, 0.4) is 0 Å². The highest BCUT2D eigenvalue weighted by atomic mass is 16.5. The topological polar surface area (TPSA) is 33.3 Å². The molecule has 2 heterocycles. The molecule has 10 unspecified atom stereocenters. The number of ether oxygens (including phenoxy) is 1. The number of nitrogens with one attached hydrogen (secondary N) is 2. The summed E-state index contributed by atoms with van der Waals surface area (Å²) in [6.07, 6.45) is 63.2. The molecule has 10 atom stereocenters. The lowest BCUT2D eigenvalue weighted by Gasteiger charge is -2.57. The second-order valence-corrected chi connectivity index (χ2v) is 20.7. The third kappa shape index (κ3) is 7.47. The van der Waals surface area contributed by atoms with Gasteiger partial charge in [0.15, 0.2) is 0 Å². The molecule has 2 N–H and O–H groups in total. The van der Waals surface area contributed by atoms with E-state index in [1.165, 1.54) is 133 Å². The summed E-state index contributed by atoms with van der Waals surface area (Å²) in [6.45, 7) is 2.41. The first-order valence-electron chi connectivity index (χ1n) is 24.5. The molecule has 2 aliphatic heterocycles. The molecule has 4 fully saturated rings. The highest BCUT2D eigenvalue weighted by Crippen LogP contribution is 2.64. The normalized spacial score (nSPS) is 41.5. The summed E-state index contributed by atoms with van der Waals surface area (Å²) < 4.78 is 7.11. The lowest BCUT2D eigenvalue weighted by atomic mass is 9.50. The SMILES string of the molecule is CC12CC=CC=C1C(C1=CC=CC(C3CCCC(C4CC(C5C=CC=C(C6CCCCC6)C5)NC(C5CCCCC5)N4)C3)C1)(C1CC=CCC1)C1=C(CCC=C1)O2.